The molecule has 0 atom stereocenters. The van der Waals surface area contributed by atoms with Crippen molar-refractivity contribution in [3.05, 3.63) is 22.5 Å². The summed E-state index contributed by atoms with van der Waals surface area (Å²) in [6, 6.07) is 0. The van der Waals surface area contributed by atoms with Gasteiger partial charge in [0.25, 0.3) is 6.43 Å². The average molecular weight is 251 g/mol. The van der Waals surface area contributed by atoms with E-state index in [4.69, 9.17) is 17.3 Å². The zero-order chi connectivity index (χ0) is 12.3. The number of esters is 1. The molecule has 0 aliphatic rings. The first-order valence-corrected chi connectivity index (χ1v) is 4.76. The van der Waals surface area contributed by atoms with Gasteiger partial charge < -0.3 is 10.5 Å². The van der Waals surface area contributed by atoms with Crippen molar-refractivity contribution < 1.29 is 18.3 Å². The van der Waals surface area contributed by atoms with E-state index in [1.807, 2.05) is 0 Å². The molecule has 0 spiro atoms. The number of carbonyl (C=O) groups is 1. The van der Waals surface area contributed by atoms with Crippen molar-refractivity contribution in [2.45, 2.75) is 13.3 Å². The molecule has 0 unspecified atom stereocenters. The molecule has 16 heavy (non-hydrogen) atoms. The molecule has 0 saturated carbocycles. The van der Waals surface area contributed by atoms with Crippen molar-refractivity contribution in [3.63, 3.8) is 0 Å². The highest BCUT2D eigenvalue weighted by molar-refractivity contribution is 6.34. The van der Waals surface area contributed by atoms with Crippen LogP contribution in [0.2, 0.25) is 5.02 Å². The Kier molecular flexibility index (Phi) is 4.00. The molecule has 88 valence electrons. The summed E-state index contributed by atoms with van der Waals surface area (Å²) < 4.78 is 29.6. The number of nitrogens with two attached hydrogens (primary N) is 1. The fourth-order valence-electron chi connectivity index (χ4n) is 1.10. The third-order valence-corrected chi connectivity index (χ3v) is 2.07. The lowest BCUT2D eigenvalue weighted by Gasteiger charge is -2.10. The summed E-state index contributed by atoms with van der Waals surface area (Å²) in [4.78, 5) is 14.8. The number of carbonyl (C=O) groups excluding carboxylic acids is 1. The summed E-state index contributed by atoms with van der Waals surface area (Å²) in [7, 11) is 0. The van der Waals surface area contributed by atoms with Crippen LogP contribution in [0.3, 0.4) is 0 Å². The minimum absolute atomic E-state index is 0.0982. The quantitative estimate of drug-likeness (QED) is 0.837. The zero-order valence-corrected chi connectivity index (χ0v) is 9.09. The van der Waals surface area contributed by atoms with Crippen LogP contribution < -0.4 is 5.73 Å². The number of nitrogen functional groups attached to an aromatic ring is 1. The number of halogens is 3. The second kappa shape index (κ2) is 5.07. The molecule has 1 heterocycles. The van der Waals surface area contributed by atoms with Crippen molar-refractivity contribution in [1.29, 1.82) is 0 Å². The highest BCUT2D eigenvalue weighted by Gasteiger charge is 2.23. The Bertz CT molecular complexity index is 413. The Morgan fingerprint density at radius 1 is 1.69 bits per heavy atom. The van der Waals surface area contributed by atoms with Gasteiger partial charge in [-0.1, -0.05) is 11.6 Å². The Hall–Kier alpha value is -1.43. The molecule has 0 bridgehead atoms. The lowest BCUT2D eigenvalue weighted by Crippen LogP contribution is -2.12. The topological polar surface area (TPSA) is 65.2 Å². The fraction of sp³-hybridized carbons (Fsp3) is 0.333. The number of rotatable bonds is 3. The maximum Gasteiger partial charge on any atom is 0.341 e. The first-order chi connectivity index (χ1) is 7.49. The van der Waals surface area contributed by atoms with Crippen LogP contribution in [0.4, 0.5) is 14.5 Å². The van der Waals surface area contributed by atoms with Gasteiger partial charge in [0.2, 0.25) is 0 Å². The van der Waals surface area contributed by atoms with E-state index in [0.717, 1.165) is 6.20 Å². The third-order valence-electron chi connectivity index (χ3n) is 1.79. The number of alkyl halides is 2. The van der Waals surface area contributed by atoms with Gasteiger partial charge in [-0.15, -0.1) is 0 Å². The van der Waals surface area contributed by atoms with Gasteiger partial charge in [0.05, 0.1) is 17.3 Å². The summed E-state index contributed by atoms with van der Waals surface area (Å²) in [6.07, 6.45) is -1.92. The van der Waals surface area contributed by atoms with Crippen LogP contribution in [0.25, 0.3) is 0 Å². The molecule has 2 N–H and O–H groups in total. The highest BCUT2D eigenvalue weighted by Crippen LogP contribution is 2.30. The second-order valence-corrected chi connectivity index (χ2v) is 3.21. The van der Waals surface area contributed by atoms with E-state index >= 15 is 0 Å². The first kappa shape index (κ1) is 12.6. The normalized spacial score (nSPS) is 10.6. The number of aromatic nitrogens is 1. The second-order valence-electron chi connectivity index (χ2n) is 2.80. The van der Waals surface area contributed by atoms with Crippen molar-refractivity contribution >= 4 is 23.3 Å². The van der Waals surface area contributed by atoms with E-state index in [-0.39, 0.29) is 17.2 Å². The van der Waals surface area contributed by atoms with Crippen molar-refractivity contribution in [1.82, 2.24) is 4.98 Å². The fourth-order valence-corrected chi connectivity index (χ4v) is 1.33. The SMILES string of the molecule is CCOC(=O)c1c(Cl)cnc(C(F)F)c1N. The van der Waals surface area contributed by atoms with Gasteiger partial charge in [-0.25, -0.2) is 13.6 Å². The molecule has 0 saturated heterocycles. The standard InChI is InChI=1S/C9H9ClF2N2O2/c1-2-16-9(15)5-4(10)3-14-7(6(5)13)8(11)12/h3,8H,2,13H2,1H3. The predicted molar refractivity (Wildman–Crippen MR) is 54.6 cm³/mol. The van der Waals surface area contributed by atoms with E-state index < -0.39 is 23.8 Å². The van der Waals surface area contributed by atoms with Crippen molar-refractivity contribution in [2.24, 2.45) is 0 Å². The number of nitrogens with zero attached hydrogens (tertiary/aromatic N) is 1. The minimum Gasteiger partial charge on any atom is -0.462 e. The van der Waals surface area contributed by atoms with E-state index in [1.165, 1.54) is 0 Å². The molecule has 1 rings (SSSR count). The molecule has 0 amide bonds. The van der Waals surface area contributed by atoms with Gasteiger partial charge in [-0.2, -0.15) is 0 Å². The summed E-state index contributed by atoms with van der Waals surface area (Å²) in [5.41, 5.74) is 4.00. The van der Waals surface area contributed by atoms with Crippen LogP contribution in [0.15, 0.2) is 6.20 Å². The maximum atomic E-state index is 12.5. The Balaban J connectivity index is 3.26. The number of anilines is 1. The average Bonchev–Trinajstić information content (AvgIpc) is 2.17. The summed E-state index contributed by atoms with van der Waals surface area (Å²) in [6.45, 7) is 1.68. The first-order valence-electron chi connectivity index (χ1n) is 4.38. The Morgan fingerprint density at radius 2 is 2.31 bits per heavy atom. The predicted octanol–water partition coefficient (Wildman–Crippen LogP) is 2.43. The number of pyridine rings is 1. The summed E-state index contributed by atoms with van der Waals surface area (Å²) >= 11 is 5.65. The molecule has 4 nitrogen and oxygen atoms in total. The lowest BCUT2D eigenvalue weighted by molar-refractivity contribution is 0.0527. The van der Waals surface area contributed by atoms with Gasteiger partial charge >= 0.3 is 5.97 Å². The third kappa shape index (κ3) is 2.38. The van der Waals surface area contributed by atoms with E-state index in [2.05, 4.69) is 9.72 Å². The number of ether oxygens (including phenoxy) is 1. The highest BCUT2D eigenvalue weighted by atomic mass is 35.5. The van der Waals surface area contributed by atoms with Crippen LogP contribution in [0.5, 0.6) is 0 Å². The van der Waals surface area contributed by atoms with Crippen LogP contribution in [0.1, 0.15) is 29.4 Å². The van der Waals surface area contributed by atoms with Crippen LogP contribution in [-0.4, -0.2) is 17.6 Å². The number of hydrogen-bond donors (Lipinski definition) is 1. The van der Waals surface area contributed by atoms with Gasteiger partial charge in [0.15, 0.2) is 0 Å². The molecular weight excluding hydrogens is 242 g/mol. The lowest BCUT2D eigenvalue weighted by atomic mass is 10.2. The molecule has 0 fully saturated rings. The zero-order valence-electron chi connectivity index (χ0n) is 8.34. The van der Waals surface area contributed by atoms with Crippen molar-refractivity contribution in [2.75, 3.05) is 12.3 Å². The van der Waals surface area contributed by atoms with E-state index in [9.17, 15) is 13.6 Å². The van der Waals surface area contributed by atoms with Crippen LogP contribution >= 0.6 is 11.6 Å². The van der Waals surface area contributed by atoms with E-state index in [1.54, 1.807) is 6.92 Å². The van der Waals surface area contributed by atoms with Gasteiger partial charge in [-0.05, 0) is 6.92 Å². The smallest absolute Gasteiger partial charge is 0.341 e. The van der Waals surface area contributed by atoms with Gasteiger partial charge in [0, 0.05) is 6.20 Å². The summed E-state index contributed by atoms with van der Waals surface area (Å²) in [5.74, 6) is -0.839. The van der Waals surface area contributed by atoms with Crippen molar-refractivity contribution in [3.8, 4) is 0 Å². The van der Waals surface area contributed by atoms with Crippen LogP contribution in [-0.2, 0) is 4.74 Å². The van der Waals surface area contributed by atoms with Gasteiger partial charge in [-0.3, -0.25) is 4.98 Å². The molecule has 0 aromatic carbocycles. The molecular formula is C9H9ClF2N2O2. The Morgan fingerprint density at radius 3 is 2.81 bits per heavy atom. The summed E-state index contributed by atoms with van der Waals surface area (Å²) in [5, 5.41) is -0.111. The number of hydrogen-bond acceptors (Lipinski definition) is 4. The monoisotopic (exact) mass is 250 g/mol. The Labute approximate surface area is 95.4 Å². The molecule has 1 aromatic rings. The molecule has 0 radical (unpaired) electrons. The van der Waals surface area contributed by atoms with Gasteiger partial charge in [0.1, 0.15) is 11.3 Å². The largest absolute Gasteiger partial charge is 0.462 e. The maximum absolute atomic E-state index is 12.5. The minimum atomic E-state index is -2.87. The molecule has 1 aromatic heterocycles. The molecule has 7 heteroatoms. The molecule has 0 aliphatic heterocycles. The van der Waals surface area contributed by atoms with E-state index in [0.29, 0.717) is 0 Å². The molecule has 0 aliphatic carbocycles. The van der Waals surface area contributed by atoms with Crippen LogP contribution in [0, 0.1) is 0 Å².